The van der Waals surface area contributed by atoms with Gasteiger partial charge < -0.3 is 0 Å². The molecular weight excluding hydrogens is 236 g/mol. The molecule has 0 aliphatic heterocycles. The summed E-state index contributed by atoms with van der Waals surface area (Å²) in [6, 6.07) is 8.46. The summed E-state index contributed by atoms with van der Waals surface area (Å²) in [6.07, 6.45) is 0. The smallest absolute Gasteiger partial charge is 0.0888 e. The van der Waals surface area contributed by atoms with Crippen LogP contribution in [0.4, 0.5) is 0 Å². The van der Waals surface area contributed by atoms with Crippen molar-refractivity contribution in [3.05, 3.63) is 42.0 Å². The lowest BCUT2D eigenvalue weighted by atomic mass is 9.99. The van der Waals surface area contributed by atoms with Crippen molar-refractivity contribution < 1.29 is 9.78 Å². The summed E-state index contributed by atoms with van der Waals surface area (Å²) in [7, 11) is 0. The van der Waals surface area contributed by atoms with E-state index in [0.29, 0.717) is 19.1 Å². The fraction of sp³-hybridized carbons (Fsp3) is 0.529. The maximum absolute atomic E-state index is 5.29. The standard InChI is InChI=1S/C17H26O2/c1-13(2)15-7-9-16(10-8-15)14(3)11-18-19-12-17(4,5)6/h7-10,14H,1,11-12H2,2-6H3. The van der Waals surface area contributed by atoms with E-state index in [4.69, 9.17) is 9.78 Å². The number of benzene rings is 1. The highest BCUT2D eigenvalue weighted by molar-refractivity contribution is 5.61. The molecule has 0 saturated carbocycles. The Labute approximate surface area is 117 Å². The predicted molar refractivity (Wildman–Crippen MR) is 80.9 cm³/mol. The van der Waals surface area contributed by atoms with Gasteiger partial charge in [-0.15, -0.1) is 0 Å². The third kappa shape index (κ3) is 6.04. The molecule has 1 aromatic rings. The quantitative estimate of drug-likeness (QED) is 0.416. The average molecular weight is 262 g/mol. The minimum atomic E-state index is 0.131. The van der Waals surface area contributed by atoms with Crippen molar-refractivity contribution in [3.63, 3.8) is 0 Å². The van der Waals surface area contributed by atoms with E-state index in [1.807, 2.05) is 6.92 Å². The zero-order chi connectivity index (χ0) is 14.5. The van der Waals surface area contributed by atoms with Crippen molar-refractivity contribution >= 4 is 5.57 Å². The second kappa shape index (κ2) is 6.88. The van der Waals surface area contributed by atoms with E-state index in [0.717, 1.165) is 5.57 Å². The van der Waals surface area contributed by atoms with Crippen LogP contribution < -0.4 is 0 Å². The van der Waals surface area contributed by atoms with Crippen LogP contribution in [0.25, 0.3) is 5.57 Å². The zero-order valence-electron chi connectivity index (χ0n) is 12.8. The molecule has 0 fully saturated rings. The van der Waals surface area contributed by atoms with Crippen molar-refractivity contribution in [2.75, 3.05) is 13.2 Å². The van der Waals surface area contributed by atoms with Crippen LogP contribution in [0.1, 0.15) is 51.7 Å². The van der Waals surface area contributed by atoms with Gasteiger partial charge in [-0.05, 0) is 23.5 Å². The summed E-state index contributed by atoms with van der Waals surface area (Å²) >= 11 is 0. The Kier molecular flexibility index (Phi) is 5.77. The molecule has 1 unspecified atom stereocenters. The second-order valence-corrected chi connectivity index (χ2v) is 6.41. The minimum Gasteiger partial charge on any atom is -0.236 e. The summed E-state index contributed by atoms with van der Waals surface area (Å²) in [4.78, 5) is 10.5. The number of hydrogen-bond acceptors (Lipinski definition) is 2. The van der Waals surface area contributed by atoms with Gasteiger partial charge in [0.1, 0.15) is 0 Å². The van der Waals surface area contributed by atoms with Crippen LogP contribution in [0.15, 0.2) is 30.8 Å². The molecule has 0 saturated heterocycles. The van der Waals surface area contributed by atoms with E-state index in [1.165, 1.54) is 11.1 Å². The number of allylic oxidation sites excluding steroid dienone is 1. The van der Waals surface area contributed by atoms with Crippen LogP contribution in [-0.2, 0) is 9.78 Å². The molecule has 0 aromatic heterocycles. The van der Waals surface area contributed by atoms with Crippen molar-refractivity contribution in [1.82, 2.24) is 0 Å². The Bertz CT molecular complexity index is 398. The van der Waals surface area contributed by atoms with Crippen LogP contribution in [0.3, 0.4) is 0 Å². The van der Waals surface area contributed by atoms with Gasteiger partial charge in [0.2, 0.25) is 0 Å². The summed E-state index contributed by atoms with van der Waals surface area (Å²) in [6.45, 7) is 15.6. The first kappa shape index (κ1) is 15.9. The van der Waals surface area contributed by atoms with Crippen LogP contribution in [0.5, 0.6) is 0 Å². The lowest BCUT2D eigenvalue weighted by molar-refractivity contribution is -0.308. The molecule has 0 bridgehead atoms. The fourth-order valence-corrected chi connectivity index (χ4v) is 1.56. The van der Waals surface area contributed by atoms with Gasteiger partial charge in [-0.1, -0.05) is 64.1 Å². The van der Waals surface area contributed by atoms with E-state index in [9.17, 15) is 0 Å². The monoisotopic (exact) mass is 262 g/mol. The Morgan fingerprint density at radius 2 is 1.74 bits per heavy atom. The molecule has 0 N–H and O–H groups in total. The van der Waals surface area contributed by atoms with Crippen molar-refractivity contribution in [1.29, 1.82) is 0 Å². The molecule has 1 rings (SSSR count). The Morgan fingerprint density at radius 3 is 2.21 bits per heavy atom. The van der Waals surface area contributed by atoms with Gasteiger partial charge in [0, 0.05) is 5.92 Å². The molecular formula is C17H26O2. The second-order valence-electron chi connectivity index (χ2n) is 6.41. The zero-order valence-corrected chi connectivity index (χ0v) is 12.8. The summed E-state index contributed by atoms with van der Waals surface area (Å²) in [5.74, 6) is 0.319. The summed E-state index contributed by atoms with van der Waals surface area (Å²) < 4.78 is 0. The van der Waals surface area contributed by atoms with E-state index in [-0.39, 0.29) is 5.41 Å². The fourth-order valence-electron chi connectivity index (χ4n) is 1.56. The van der Waals surface area contributed by atoms with E-state index in [2.05, 4.69) is 58.5 Å². The molecule has 0 radical (unpaired) electrons. The lowest BCUT2D eigenvalue weighted by Crippen LogP contribution is -2.16. The third-order valence-electron chi connectivity index (χ3n) is 2.87. The minimum absolute atomic E-state index is 0.131. The maximum Gasteiger partial charge on any atom is 0.0888 e. The van der Waals surface area contributed by atoms with Gasteiger partial charge in [0.25, 0.3) is 0 Å². The van der Waals surface area contributed by atoms with Crippen LogP contribution in [0.2, 0.25) is 0 Å². The highest BCUT2D eigenvalue weighted by Gasteiger charge is 2.12. The Balaban J connectivity index is 2.41. The first-order valence-corrected chi connectivity index (χ1v) is 6.80. The van der Waals surface area contributed by atoms with Crippen LogP contribution in [0, 0.1) is 5.41 Å². The summed E-state index contributed by atoms with van der Waals surface area (Å²) in [5, 5.41) is 0. The van der Waals surface area contributed by atoms with Crippen molar-refractivity contribution in [3.8, 4) is 0 Å². The topological polar surface area (TPSA) is 18.5 Å². The molecule has 0 heterocycles. The van der Waals surface area contributed by atoms with Gasteiger partial charge in [-0.25, -0.2) is 9.78 Å². The average Bonchev–Trinajstić information content (AvgIpc) is 2.33. The Morgan fingerprint density at radius 1 is 1.16 bits per heavy atom. The van der Waals surface area contributed by atoms with E-state index in [1.54, 1.807) is 0 Å². The molecule has 0 aliphatic rings. The normalized spacial score (nSPS) is 13.3. The maximum atomic E-state index is 5.29. The van der Waals surface area contributed by atoms with Crippen LogP contribution >= 0.6 is 0 Å². The highest BCUT2D eigenvalue weighted by Crippen LogP contribution is 2.20. The SMILES string of the molecule is C=C(C)c1ccc(C(C)COOCC(C)(C)C)cc1. The molecule has 0 aliphatic carbocycles. The molecule has 2 nitrogen and oxygen atoms in total. The lowest BCUT2D eigenvalue weighted by Gasteiger charge is -2.18. The van der Waals surface area contributed by atoms with Gasteiger partial charge in [0.05, 0.1) is 13.2 Å². The largest absolute Gasteiger partial charge is 0.236 e. The van der Waals surface area contributed by atoms with Crippen LogP contribution in [-0.4, -0.2) is 13.2 Å². The summed E-state index contributed by atoms with van der Waals surface area (Å²) in [5.41, 5.74) is 3.65. The predicted octanol–water partition coefficient (Wildman–Crippen LogP) is 4.82. The third-order valence-corrected chi connectivity index (χ3v) is 2.87. The molecule has 106 valence electrons. The molecule has 1 atom stereocenters. The number of hydrogen-bond donors (Lipinski definition) is 0. The highest BCUT2D eigenvalue weighted by atomic mass is 17.2. The van der Waals surface area contributed by atoms with Gasteiger partial charge in [-0.3, -0.25) is 0 Å². The molecule has 1 aromatic carbocycles. The molecule has 0 amide bonds. The van der Waals surface area contributed by atoms with Crippen molar-refractivity contribution in [2.24, 2.45) is 5.41 Å². The Hall–Kier alpha value is -1.12. The first-order valence-electron chi connectivity index (χ1n) is 6.80. The van der Waals surface area contributed by atoms with E-state index >= 15 is 0 Å². The molecule has 2 heteroatoms. The first-order chi connectivity index (χ1) is 8.79. The van der Waals surface area contributed by atoms with Crippen molar-refractivity contribution in [2.45, 2.75) is 40.5 Å². The van der Waals surface area contributed by atoms with Gasteiger partial charge in [0.15, 0.2) is 0 Å². The number of rotatable bonds is 6. The van der Waals surface area contributed by atoms with Gasteiger partial charge in [-0.2, -0.15) is 0 Å². The van der Waals surface area contributed by atoms with E-state index < -0.39 is 0 Å². The molecule has 0 spiro atoms. The van der Waals surface area contributed by atoms with Gasteiger partial charge >= 0.3 is 0 Å². The molecule has 19 heavy (non-hydrogen) atoms.